The molecule has 4 rings (SSSR count). The fourth-order valence-electron chi connectivity index (χ4n) is 3.40. The van der Waals surface area contributed by atoms with Crippen molar-refractivity contribution in [2.75, 3.05) is 7.11 Å². The Morgan fingerprint density at radius 1 is 1.20 bits per heavy atom. The highest BCUT2D eigenvalue weighted by Gasteiger charge is 2.18. The molecule has 0 saturated carbocycles. The molecular weight excluding hydrogens is 312 g/mol. The quantitative estimate of drug-likeness (QED) is 0.779. The third kappa shape index (κ3) is 3.56. The average molecular weight is 334 g/mol. The number of aromatic nitrogens is 3. The van der Waals surface area contributed by atoms with Crippen molar-refractivity contribution in [3.63, 3.8) is 0 Å². The monoisotopic (exact) mass is 334 g/mol. The van der Waals surface area contributed by atoms with Gasteiger partial charge in [-0.15, -0.1) is 0 Å². The van der Waals surface area contributed by atoms with E-state index in [0.717, 1.165) is 31.0 Å². The van der Waals surface area contributed by atoms with Gasteiger partial charge in [0, 0.05) is 31.2 Å². The molecule has 5 nitrogen and oxygen atoms in total. The average Bonchev–Trinajstić information content (AvgIpc) is 3.21. The molecule has 1 aromatic carbocycles. The molecule has 0 aliphatic heterocycles. The summed E-state index contributed by atoms with van der Waals surface area (Å²) in [5.41, 5.74) is 4.08. The Morgan fingerprint density at radius 3 is 3.00 bits per heavy atom. The predicted molar refractivity (Wildman–Crippen MR) is 97.0 cm³/mol. The summed E-state index contributed by atoms with van der Waals surface area (Å²) in [7, 11) is 1.72. The molecule has 1 aliphatic carbocycles. The van der Waals surface area contributed by atoms with Crippen molar-refractivity contribution in [2.45, 2.75) is 31.8 Å². The summed E-state index contributed by atoms with van der Waals surface area (Å²) in [6, 6.07) is 11.1. The number of imidazole rings is 1. The van der Waals surface area contributed by atoms with Gasteiger partial charge in [-0.2, -0.15) is 0 Å². The number of ether oxygens (including phenoxy) is 1. The lowest BCUT2D eigenvalue weighted by Crippen LogP contribution is -2.34. The van der Waals surface area contributed by atoms with E-state index in [-0.39, 0.29) is 0 Å². The van der Waals surface area contributed by atoms with Gasteiger partial charge in [0.2, 0.25) is 0 Å². The second-order valence-electron chi connectivity index (χ2n) is 6.45. The van der Waals surface area contributed by atoms with Crippen molar-refractivity contribution in [1.29, 1.82) is 0 Å². The minimum Gasteiger partial charge on any atom is -0.497 e. The van der Waals surface area contributed by atoms with E-state index in [1.165, 1.54) is 23.1 Å². The summed E-state index contributed by atoms with van der Waals surface area (Å²) in [6.45, 7) is 0.841. The van der Waals surface area contributed by atoms with E-state index in [2.05, 4.69) is 45.6 Å². The van der Waals surface area contributed by atoms with Gasteiger partial charge in [-0.25, -0.2) is 9.97 Å². The smallest absolute Gasteiger partial charge is 0.138 e. The van der Waals surface area contributed by atoms with Crippen molar-refractivity contribution in [2.24, 2.45) is 0 Å². The Morgan fingerprint density at radius 2 is 2.16 bits per heavy atom. The van der Waals surface area contributed by atoms with Crippen LogP contribution in [0.5, 0.6) is 5.75 Å². The maximum atomic E-state index is 5.36. The van der Waals surface area contributed by atoms with Gasteiger partial charge in [-0.05, 0) is 60.2 Å². The lowest BCUT2D eigenvalue weighted by Gasteiger charge is -2.26. The normalized spacial score (nSPS) is 16.4. The van der Waals surface area contributed by atoms with Gasteiger partial charge in [0.25, 0.3) is 0 Å². The standard InChI is InChI=1S/C20H22N4O/c1-25-19-5-3-16-2-4-18(11-17(16)12-19)23-13-15-6-7-22-20(10-15)24-9-8-21-14-24/h3,5-10,12,14,18,23H,2,4,11,13H2,1H3/t18-/m0/s1. The lowest BCUT2D eigenvalue weighted by atomic mass is 9.88. The first kappa shape index (κ1) is 15.8. The maximum absolute atomic E-state index is 5.36. The summed E-state index contributed by atoms with van der Waals surface area (Å²) in [5, 5.41) is 3.70. The maximum Gasteiger partial charge on any atom is 0.138 e. The molecule has 2 heterocycles. The first-order valence-electron chi connectivity index (χ1n) is 8.64. The van der Waals surface area contributed by atoms with Crippen molar-refractivity contribution in [3.8, 4) is 11.6 Å². The van der Waals surface area contributed by atoms with Crippen LogP contribution in [0.1, 0.15) is 23.1 Å². The molecule has 1 atom stereocenters. The number of hydrogen-bond donors (Lipinski definition) is 1. The van der Waals surface area contributed by atoms with Crippen LogP contribution in [0, 0.1) is 0 Å². The topological polar surface area (TPSA) is 52.0 Å². The Bertz CT molecular complexity index is 845. The van der Waals surface area contributed by atoms with Crippen molar-refractivity contribution in [1.82, 2.24) is 19.9 Å². The molecule has 1 aliphatic rings. The molecule has 0 amide bonds. The van der Waals surface area contributed by atoms with Crippen molar-refractivity contribution >= 4 is 0 Å². The molecule has 0 spiro atoms. The van der Waals surface area contributed by atoms with Crippen LogP contribution < -0.4 is 10.1 Å². The Hall–Kier alpha value is -2.66. The van der Waals surface area contributed by atoms with Crippen LogP contribution in [0.15, 0.2) is 55.2 Å². The van der Waals surface area contributed by atoms with Gasteiger partial charge in [0.05, 0.1) is 7.11 Å². The molecule has 2 aromatic heterocycles. The largest absolute Gasteiger partial charge is 0.497 e. The highest BCUT2D eigenvalue weighted by atomic mass is 16.5. The second kappa shape index (κ2) is 7.07. The lowest BCUT2D eigenvalue weighted by molar-refractivity contribution is 0.411. The van der Waals surface area contributed by atoms with Crippen LogP contribution >= 0.6 is 0 Å². The van der Waals surface area contributed by atoms with Gasteiger partial charge in [0.1, 0.15) is 17.9 Å². The van der Waals surface area contributed by atoms with E-state index in [1.807, 2.05) is 17.0 Å². The van der Waals surface area contributed by atoms with Gasteiger partial charge in [-0.1, -0.05) is 6.07 Å². The first-order valence-corrected chi connectivity index (χ1v) is 8.64. The second-order valence-corrected chi connectivity index (χ2v) is 6.45. The zero-order valence-electron chi connectivity index (χ0n) is 14.4. The molecule has 25 heavy (non-hydrogen) atoms. The van der Waals surface area contributed by atoms with Crippen LogP contribution in [0.3, 0.4) is 0 Å². The molecule has 0 unspecified atom stereocenters. The van der Waals surface area contributed by atoms with Crippen LogP contribution in [0.25, 0.3) is 5.82 Å². The Kier molecular flexibility index (Phi) is 4.48. The third-order valence-corrected chi connectivity index (χ3v) is 4.82. The number of benzene rings is 1. The number of fused-ring (bicyclic) bond motifs is 1. The van der Waals surface area contributed by atoms with E-state index in [9.17, 15) is 0 Å². The van der Waals surface area contributed by atoms with E-state index in [4.69, 9.17) is 4.74 Å². The Labute approximate surface area is 147 Å². The van der Waals surface area contributed by atoms with Gasteiger partial charge < -0.3 is 10.1 Å². The minimum atomic E-state index is 0.490. The van der Waals surface area contributed by atoms with E-state index < -0.39 is 0 Å². The molecule has 1 N–H and O–H groups in total. The highest BCUT2D eigenvalue weighted by molar-refractivity contribution is 5.38. The molecule has 0 radical (unpaired) electrons. The summed E-state index contributed by atoms with van der Waals surface area (Å²) >= 11 is 0. The first-order chi connectivity index (χ1) is 12.3. The molecule has 3 aromatic rings. The van der Waals surface area contributed by atoms with Crippen molar-refractivity contribution < 1.29 is 4.74 Å². The van der Waals surface area contributed by atoms with Gasteiger partial charge in [-0.3, -0.25) is 4.57 Å². The number of hydrogen-bond acceptors (Lipinski definition) is 4. The highest BCUT2D eigenvalue weighted by Crippen LogP contribution is 2.25. The summed E-state index contributed by atoms with van der Waals surface area (Å²) in [6.07, 6.45) is 10.6. The van der Waals surface area contributed by atoms with Gasteiger partial charge >= 0.3 is 0 Å². The molecule has 5 heteroatoms. The van der Waals surface area contributed by atoms with E-state index >= 15 is 0 Å². The number of nitrogens with one attached hydrogen (secondary N) is 1. The number of rotatable bonds is 5. The summed E-state index contributed by atoms with van der Waals surface area (Å²) < 4.78 is 7.28. The van der Waals surface area contributed by atoms with E-state index in [0.29, 0.717) is 6.04 Å². The summed E-state index contributed by atoms with van der Waals surface area (Å²) in [5.74, 6) is 1.84. The number of methoxy groups -OCH3 is 1. The molecule has 0 saturated heterocycles. The molecule has 0 bridgehead atoms. The minimum absolute atomic E-state index is 0.490. The van der Waals surface area contributed by atoms with Crippen molar-refractivity contribution in [3.05, 3.63) is 71.9 Å². The van der Waals surface area contributed by atoms with Crippen LogP contribution in [0.4, 0.5) is 0 Å². The van der Waals surface area contributed by atoms with Crippen LogP contribution in [-0.2, 0) is 19.4 Å². The fraction of sp³-hybridized carbons (Fsp3) is 0.300. The number of pyridine rings is 1. The predicted octanol–water partition coefficient (Wildman–Crippen LogP) is 2.92. The fourth-order valence-corrected chi connectivity index (χ4v) is 3.40. The third-order valence-electron chi connectivity index (χ3n) is 4.82. The van der Waals surface area contributed by atoms with E-state index in [1.54, 1.807) is 19.6 Å². The molecule has 128 valence electrons. The van der Waals surface area contributed by atoms with Crippen LogP contribution in [-0.4, -0.2) is 27.7 Å². The zero-order chi connectivity index (χ0) is 17.1. The molecule has 0 fully saturated rings. The number of aryl methyl sites for hydroxylation is 1. The molecular formula is C20H22N4O. The van der Waals surface area contributed by atoms with Gasteiger partial charge in [0.15, 0.2) is 0 Å². The number of nitrogens with zero attached hydrogens (tertiary/aromatic N) is 3. The van der Waals surface area contributed by atoms with Crippen LogP contribution in [0.2, 0.25) is 0 Å². The zero-order valence-corrected chi connectivity index (χ0v) is 14.4. The summed E-state index contributed by atoms with van der Waals surface area (Å²) in [4.78, 5) is 8.49. The Balaban J connectivity index is 1.41. The SMILES string of the molecule is COc1ccc2c(c1)C[C@@H](NCc1ccnc(-n3ccnc3)c1)CC2.